The van der Waals surface area contributed by atoms with E-state index in [-0.39, 0.29) is 6.17 Å². The van der Waals surface area contributed by atoms with Gasteiger partial charge in [0.25, 0.3) is 0 Å². The lowest BCUT2D eigenvalue weighted by molar-refractivity contribution is 0.271. The molecule has 4 rings (SSSR count). The molecule has 0 radical (unpaired) electrons. The van der Waals surface area contributed by atoms with E-state index < -0.39 is 0 Å². The quantitative estimate of drug-likeness (QED) is 0.781. The monoisotopic (exact) mass is 348 g/mol. The molecule has 3 aromatic rings. The van der Waals surface area contributed by atoms with Crippen LogP contribution >= 0.6 is 0 Å². The molecule has 1 aliphatic heterocycles. The zero-order valence-corrected chi connectivity index (χ0v) is 16.3. The summed E-state index contributed by atoms with van der Waals surface area (Å²) in [7, 11) is 2.10. The molecule has 1 N–H and O–H groups in total. The molecule has 0 amide bonds. The second-order valence-corrected chi connectivity index (χ2v) is 8.78. The lowest BCUT2D eigenvalue weighted by Crippen LogP contribution is -2.49. The lowest BCUT2D eigenvalue weighted by Gasteiger charge is -2.32. The molecule has 3 nitrogen and oxygen atoms in total. The molecule has 0 fully saturated rings. The van der Waals surface area contributed by atoms with Crippen LogP contribution in [-0.2, 0) is 0 Å². The first kappa shape index (κ1) is 17.2. The maximum Gasteiger partial charge on any atom is 0.151 e. The van der Waals surface area contributed by atoms with Gasteiger partial charge in [-0.05, 0) is 36.3 Å². The Kier molecular flexibility index (Phi) is 4.07. The molecule has 26 heavy (non-hydrogen) atoms. The van der Waals surface area contributed by atoms with Crippen LogP contribution in [0.5, 0.6) is 0 Å². The zero-order chi connectivity index (χ0) is 18.5. The fraction of sp³-hybridized carbons (Fsp3) is 0.391. The molecule has 2 heterocycles. The number of nitrogens with zero attached hydrogens (tertiary/aromatic N) is 1. The Morgan fingerprint density at radius 2 is 1.88 bits per heavy atom. The first-order chi connectivity index (χ1) is 12.3. The Bertz CT molecular complexity index is 1070. The largest absolute Gasteiger partial charge is 0.454 e. The topological polar surface area (TPSA) is 28.4 Å². The smallest absolute Gasteiger partial charge is 0.151 e. The number of benzene rings is 2. The van der Waals surface area contributed by atoms with Gasteiger partial charge in [0.05, 0.1) is 6.17 Å². The van der Waals surface area contributed by atoms with Crippen molar-refractivity contribution in [3.63, 3.8) is 0 Å². The molecule has 3 heteroatoms. The van der Waals surface area contributed by atoms with E-state index in [9.17, 15) is 0 Å². The van der Waals surface area contributed by atoms with Gasteiger partial charge in [-0.1, -0.05) is 51.1 Å². The minimum atomic E-state index is 0.173. The van der Waals surface area contributed by atoms with Gasteiger partial charge in [0.15, 0.2) is 5.42 Å². The second-order valence-electron chi connectivity index (χ2n) is 8.78. The summed E-state index contributed by atoms with van der Waals surface area (Å²) in [5, 5.41) is 8.54. The van der Waals surface area contributed by atoms with Crippen molar-refractivity contribution in [3.8, 4) is 0 Å². The highest BCUT2D eigenvalue weighted by Gasteiger charge is 2.21. The van der Waals surface area contributed by atoms with E-state index in [1.54, 1.807) is 0 Å². The van der Waals surface area contributed by atoms with E-state index in [0.29, 0.717) is 11.5 Å². The molecule has 0 bridgehead atoms. The van der Waals surface area contributed by atoms with Crippen LogP contribution < -0.4 is 16.0 Å². The van der Waals surface area contributed by atoms with Crippen LogP contribution in [0, 0.1) is 5.41 Å². The van der Waals surface area contributed by atoms with Crippen molar-refractivity contribution < 1.29 is 4.42 Å². The minimum Gasteiger partial charge on any atom is -0.454 e. The van der Waals surface area contributed by atoms with Crippen LogP contribution in [-0.4, -0.2) is 24.2 Å². The van der Waals surface area contributed by atoms with Crippen LogP contribution in [0.1, 0.15) is 34.1 Å². The summed E-state index contributed by atoms with van der Waals surface area (Å²) in [6.45, 7) is 9.14. The Morgan fingerprint density at radius 1 is 1.12 bits per heavy atom. The Balaban J connectivity index is 1.78. The van der Waals surface area contributed by atoms with Crippen LogP contribution in [0.2, 0.25) is 0 Å². The number of hydrogen-bond donors (Lipinski definition) is 1. The molecule has 0 spiro atoms. The van der Waals surface area contributed by atoms with Crippen molar-refractivity contribution in [2.24, 2.45) is 5.41 Å². The van der Waals surface area contributed by atoms with Crippen molar-refractivity contribution in [2.45, 2.75) is 46.3 Å². The van der Waals surface area contributed by atoms with Crippen molar-refractivity contribution in [1.82, 2.24) is 10.2 Å². The third kappa shape index (κ3) is 3.12. The number of rotatable bonds is 3. The predicted octanol–water partition coefficient (Wildman–Crippen LogP) is 3.79. The lowest BCUT2D eigenvalue weighted by atomic mass is 9.88. The molecule has 2 atom stereocenters. The molecule has 0 saturated heterocycles. The third-order valence-corrected chi connectivity index (χ3v) is 5.11. The average Bonchev–Trinajstić information content (AvgIpc) is 2.91. The van der Waals surface area contributed by atoms with E-state index in [1.165, 1.54) is 21.4 Å². The number of fused-ring (bicyclic) bond motifs is 5. The van der Waals surface area contributed by atoms with Gasteiger partial charge >= 0.3 is 0 Å². The Morgan fingerprint density at radius 3 is 2.65 bits per heavy atom. The molecule has 1 aliphatic rings. The van der Waals surface area contributed by atoms with Gasteiger partial charge in [0.2, 0.25) is 0 Å². The molecule has 1 aromatic heterocycles. The van der Waals surface area contributed by atoms with E-state index >= 15 is 0 Å². The van der Waals surface area contributed by atoms with Crippen LogP contribution in [0.4, 0.5) is 0 Å². The normalized spacial score (nSPS) is 18.5. The standard InChI is InChI=1S/C23H28N2O/c1-15(13-23(2,3)4)24-21-12-19-18-11-10-16-8-6-7-9-17(16)22(18)26-20(19)14-25(21)5/h6-12,14-15,21,24H,13H2,1-5H3/t15-,21?/m1/s1. The summed E-state index contributed by atoms with van der Waals surface area (Å²) in [4.78, 5) is 2.20. The second kappa shape index (κ2) is 6.17. The van der Waals surface area contributed by atoms with Crippen molar-refractivity contribution in [3.05, 3.63) is 47.0 Å². The van der Waals surface area contributed by atoms with Crippen LogP contribution in [0.15, 0.2) is 40.8 Å². The molecule has 0 aliphatic carbocycles. The predicted molar refractivity (Wildman–Crippen MR) is 110 cm³/mol. The highest BCUT2D eigenvalue weighted by Crippen LogP contribution is 2.24. The summed E-state index contributed by atoms with van der Waals surface area (Å²) in [5.74, 6) is 0. The Labute approximate surface area is 155 Å². The molecule has 136 valence electrons. The average molecular weight is 348 g/mol. The number of hydrogen-bond acceptors (Lipinski definition) is 3. The van der Waals surface area contributed by atoms with Crippen molar-refractivity contribution in [1.29, 1.82) is 0 Å². The fourth-order valence-electron chi connectivity index (χ4n) is 4.11. The maximum absolute atomic E-state index is 6.25. The maximum atomic E-state index is 6.25. The van der Waals surface area contributed by atoms with Crippen LogP contribution in [0.25, 0.3) is 34.0 Å². The highest BCUT2D eigenvalue weighted by molar-refractivity contribution is 6.04. The van der Waals surface area contributed by atoms with Crippen molar-refractivity contribution >= 4 is 34.0 Å². The molecule has 1 unspecified atom stereocenters. The number of nitrogens with one attached hydrogen (secondary N) is 1. The summed E-state index contributed by atoms with van der Waals surface area (Å²) in [6, 6.07) is 13.2. The fourth-order valence-corrected chi connectivity index (χ4v) is 4.11. The van der Waals surface area contributed by atoms with E-state index in [1.807, 2.05) is 0 Å². The molecule has 0 saturated carbocycles. The van der Waals surface area contributed by atoms with Crippen molar-refractivity contribution in [2.75, 3.05) is 7.05 Å². The van der Waals surface area contributed by atoms with Gasteiger partial charge in [-0.25, -0.2) is 0 Å². The highest BCUT2D eigenvalue weighted by atomic mass is 16.3. The van der Waals surface area contributed by atoms with Gasteiger partial charge in [-0.2, -0.15) is 0 Å². The SMILES string of the molecule is C[C@H](CC(C)(C)C)NC1C=c2c(oc3c2ccc2ccccc23)=CN1C. The van der Waals surface area contributed by atoms with Gasteiger partial charge in [-0.15, -0.1) is 0 Å². The number of furan rings is 1. The van der Waals surface area contributed by atoms with Crippen LogP contribution in [0.3, 0.4) is 0 Å². The van der Waals surface area contributed by atoms with E-state index in [0.717, 1.165) is 17.4 Å². The van der Waals surface area contributed by atoms with Gasteiger partial charge in [0.1, 0.15) is 5.58 Å². The van der Waals surface area contributed by atoms with Gasteiger partial charge in [-0.3, -0.25) is 5.32 Å². The summed E-state index contributed by atoms with van der Waals surface area (Å²) in [5.41, 5.74) is 2.24. The third-order valence-electron chi connectivity index (χ3n) is 5.11. The first-order valence-electron chi connectivity index (χ1n) is 9.44. The Hall–Kier alpha value is -2.26. The van der Waals surface area contributed by atoms with Gasteiger partial charge < -0.3 is 9.32 Å². The molecular formula is C23H28N2O. The molecular weight excluding hydrogens is 320 g/mol. The minimum absolute atomic E-state index is 0.173. The summed E-state index contributed by atoms with van der Waals surface area (Å²) < 4.78 is 6.25. The summed E-state index contributed by atoms with van der Waals surface area (Å²) >= 11 is 0. The van der Waals surface area contributed by atoms with E-state index in [2.05, 4.69) is 93.6 Å². The summed E-state index contributed by atoms with van der Waals surface area (Å²) in [6.07, 6.45) is 5.72. The zero-order valence-electron chi connectivity index (χ0n) is 16.3. The first-order valence-corrected chi connectivity index (χ1v) is 9.44. The van der Waals surface area contributed by atoms with E-state index in [4.69, 9.17) is 4.42 Å². The van der Waals surface area contributed by atoms with Gasteiger partial charge in [0, 0.05) is 35.3 Å². The molecule has 2 aromatic carbocycles.